The topological polar surface area (TPSA) is 20.2 Å². The first-order valence-corrected chi connectivity index (χ1v) is 8.89. The van der Waals surface area contributed by atoms with Gasteiger partial charge in [-0.2, -0.15) is 0 Å². The second kappa shape index (κ2) is 9.41. The number of benzene rings is 2. The van der Waals surface area contributed by atoms with E-state index in [2.05, 4.69) is 6.92 Å². The number of phenols is 1. The number of phenolic OH excluding ortho intramolecular Hbond substituents is 1. The van der Waals surface area contributed by atoms with Gasteiger partial charge in [-0.05, 0) is 41.7 Å². The van der Waals surface area contributed by atoms with Crippen LogP contribution in [0.2, 0.25) is 0 Å². The fourth-order valence-corrected chi connectivity index (χ4v) is 2.88. The molecule has 0 spiro atoms. The van der Waals surface area contributed by atoms with Crippen LogP contribution in [0, 0.1) is 11.6 Å². The van der Waals surface area contributed by atoms with Gasteiger partial charge in [-0.25, -0.2) is 8.78 Å². The molecule has 2 aromatic rings. The van der Waals surface area contributed by atoms with E-state index >= 15 is 0 Å². The van der Waals surface area contributed by atoms with Gasteiger partial charge in [-0.1, -0.05) is 69.7 Å². The highest BCUT2D eigenvalue weighted by Crippen LogP contribution is 2.28. The minimum absolute atomic E-state index is 0.435. The van der Waals surface area contributed by atoms with Crippen LogP contribution in [0.5, 0.6) is 5.75 Å². The molecule has 1 N–H and O–H groups in total. The van der Waals surface area contributed by atoms with Gasteiger partial charge in [0, 0.05) is 0 Å². The first kappa shape index (κ1) is 18.4. The van der Waals surface area contributed by atoms with Gasteiger partial charge in [-0.15, -0.1) is 0 Å². The molecule has 24 heavy (non-hydrogen) atoms. The molecule has 1 nitrogen and oxygen atoms in total. The number of halogens is 2. The molecule has 0 radical (unpaired) electrons. The van der Waals surface area contributed by atoms with E-state index in [0.717, 1.165) is 24.1 Å². The normalized spacial score (nSPS) is 11.0. The van der Waals surface area contributed by atoms with Crippen molar-refractivity contribution < 1.29 is 13.9 Å². The third-order valence-electron chi connectivity index (χ3n) is 4.37. The summed E-state index contributed by atoms with van der Waals surface area (Å²) in [5.41, 5.74) is 2.42. The second-order valence-electron chi connectivity index (χ2n) is 6.36. The predicted molar refractivity (Wildman–Crippen MR) is 95.2 cm³/mol. The standard InChI is InChI=1S/C21H26F2O/c1-2-3-4-5-6-7-8-9-16-10-12-17(13-11-16)18-14-19(22)21(24)20(23)15-18/h10-15,24H,2-9H2,1H3. The van der Waals surface area contributed by atoms with Gasteiger partial charge < -0.3 is 5.11 Å². The minimum atomic E-state index is -0.933. The average Bonchev–Trinajstić information content (AvgIpc) is 2.59. The number of aromatic hydroxyl groups is 1. The zero-order valence-corrected chi connectivity index (χ0v) is 14.3. The lowest BCUT2D eigenvalue weighted by Crippen LogP contribution is -1.89. The molecule has 0 saturated heterocycles. The predicted octanol–water partition coefficient (Wildman–Crippen LogP) is 6.63. The molecule has 0 atom stereocenters. The van der Waals surface area contributed by atoms with Crippen LogP contribution in [0.15, 0.2) is 36.4 Å². The van der Waals surface area contributed by atoms with Crippen LogP contribution in [0.4, 0.5) is 8.78 Å². The summed E-state index contributed by atoms with van der Waals surface area (Å²) >= 11 is 0. The minimum Gasteiger partial charge on any atom is -0.503 e. The number of hydrogen-bond acceptors (Lipinski definition) is 1. The van der Waals surface area contributed by atoms with E-state index < -0.39 is 17.4 Å². The molecule has 2 rings (SSSR count). The number of aryl methyl sites for hydroxylation is 1. The van der Waals surface area contributed by atoms with Gasteiger partial charge in [0.2, 0.25) is 0 Å². The summed E-state index contributed by atoms with van der Waals surface area (Å²) in [5.74, 6) is -2.79. The molecule has 130 valence electrons. The van der Waals surface area contributed by atoms with Crippen molar-refractivity contribution in [2.75, 3.05) is 0 Å². The van der Waals surface area contributed by atoms with Crippen LogP contribution in [0.25, 0.3) is 11.1 Å². The van der Waals surface area contributed by atoms with Crippen molar-refractivity contribution in [2.45, 2.75) is 58.3 Å². The SMILES string of the molecule is CCCCCCCCCc1ccc(-c2cc(F)c(O)c(F)c2)cc1. The lowest BCUT2D eigenvalue weighted by atomic mass is 10.0. The molecule has 0 aliphatic rings. The van der Waals surface area contributed by atoms with Gasteiger partial charge in [0.05, 0.1) is 0 Å². The molecule has 0 bridgehead atoms. The quantitative estimate of drug-likeness (QED) is 0.511. The fourth-order valence-electron chi connectivity index (χ4n) is 2.88. The molecule has 0 aliphatic carbocycles. The van der Waals surface area contributed by atoms with Crippen LogP contribution in [-0.4, -0.2) is 5.11 Å². The fraction of sp³-hybridized carbons (Fsp3) is 0.429. The van der Waals surface area contributed by atoms with E-state index in [-0.39, 0.29) is 0 Å². The molecule has 0 heterocycles. The van der Waals surface area contributed by atoms with Crippen molar-refractivity contribution in [1.29, 1.82) is 0 Å². The molecule has 0 aromatic heterocycles. The Morgan fingerprint density at radius 2 is 1.29 bits per heavy atom. The smallest absolute Gasteiger partial charge is 0.187 e. The number of hydrogen-bond donors (Lipinski definition) is 1. The summed E-state index contributed by atoms with van der Waals surface area (Å²) in [6, 6.07) is 10.1. The Morgan fingerprint density at radius 3 is 1.88 bits per heavy atom. The first-order valence-electron chi connectivity index (χ1n) is 8.89. The lowest BCUT2D eigenvalue weighted by molar-refractivity contribution is 0.396. The van der Waals surface area contributed by atoms with Gasteiger partial charge >= 0.3 is 0 Å². The van der Waals surface area contributed by atoms with Crippen LogP contribution in [0.3, 0.4) is 0 Å². The van der Waals surface area contributed by atoms with Crippen LogP contribution < -0.4 is 0 Å². The van der Waals surface area contributed by atoms with Crippen LogP contribution >= 0.6 is 0 Å². The third kappa shape index (κ3) is 5.33. The zero-order chi connectivity index (χ0) is 17.4. The van der Waals surface area contributed by atoms with Crippen LogP contribution in [-0.2, 0) is 6.42 Å². The maximum atomic E-state index is 13.4. The Morgan fingerprint density at radius 1 is 0.750 bits per heavy atom. The van der Waals surface area contributed by atoms with Crippen molar-refractivity contribution >= 4 is 0 Å². The zero-order valence-electron chi connectivity index (χ0n) is 14.3. The Kier molecular flexibility index (Phi) is 7.23. The summed E-state index contributed by atoms with van der Waals surface area (Å²) in [6.45, 7) is 2.23. The summed E-state index contributed by atoms with van der Waals surface area (Å²) in [6.07, 6.45) is 10.0. The molecular weight excluding hydrogens is 306 g/mol. The van der Waals surface area contributed by atoms with E-state index in [1.165, 1.54) is 50.5 Å². The van der Waals surface area contributed by atoms with E-state index in [1.54, 1.807) is 0 Å². The Hall–Kier alpha value is -1.90. The van der Waals surface area contributed by atoms with Crippen LogP contribution in [0.1, 0.15) is 57.4 Å². The summed E-state index contributed by atoms with van der Waals surface area (Å²) in [4.78, 5) is 0. The van der Waals surface area contributed by atoms with E-state index in [1.807, 2.05) is 24.3 Å². The summed E-state index contributed by atoms with van der Waals surface area (Å²) < 4.78 is 26.9. The monoisotopic (exact) mass is 332 g/mol. The summed E-state index contributed by atoms with van der Waals surface area (Å²) in [7, 11) is 0. The highest BCUT2D eigenvalue weighted by atomic mass is 19.1. The Balaban J connectivity index is 1.85. The number of unbranched alkanes of at least 4 members (excludes halogenated alkanes) is 6. The molecule has 0 saturated carbocycles. The largest absolute Gasteiger partial charge is 0.503 e. The molecule has 0 fully saturated rings. The van der Waals surface area contributed by atoms with Crippen molar-refractivity contribution in [1.82, 2.24) is 0 Å². The molecule has 3 heteroatoms. The third-order valence-corrected chi connectivity index (χ3v) is 4.37. The Bertz CT molecular complexity index is 612. The average molecular weight is 332 g/mol. The number of rotatable bonds is 9. The lowest BCUT2D eigenvalue weighted by Gasteiger charge is -2.07. The van der Waals surface area contributed by atoms with E-state index in [9.17, 15) is 8.78 Å². The van der Waals surface area contributed by atoms with E-state index in [0.29, 0.717) is 5.56 Å². The maximum Gasteiger partial charge on any atom is 0.187 e. The van der Waals surface area contributed by atoms with Crippen molar-refractivity contribution in [3.63, 3.8) is 0 Å². The first-order chi connectivity index (χ1) is 11.6. The van der Waals surface area contributed by atoms with Crippen molar-refractivity contribution in [3.8, 4) is 16.9 Å². The highest BCUT2D eigenvalue weighted by molar-refractivity contribution is 5.64. The summed E-state index contributed by atoms with van der Waals surface area (Å²) in [5, 5.41) is 9.16. The molecular formula is C21H26F2O. The van der Waals surface area contributed by atoms with Gasteiger partial charge in [-0.3, -0.25) is 0 Å². The maximum absolute atomic E-state index is 13.4. The highest BCUT2D eigenvalue weighted by Gasteiger charge is 2.10. The Labute approximate surface area is 143 Å². The van der Waals surface area contributed by atoms with Gasteiger partial charge in [0.1, 0.15) is 0 Å². The van der Waals surface area contributed by atoms with E-state index in [4.69, 9.17) is 5.11 Å². The molecule has 0 aliphatic heterocycles. The second-order valence-corrected chi connectivity index (χ2v) is 6.36. The van der Waals surface area contributed by atoms with Crippen molar-refractivity contribution in [3.05, 3.63) is 53.6 Å². The molecule has 0 amide bonds. The van der Waals surface area contributed by atoms with Crippen molar-refractivity contribution in [2.24, 2.45) is 0 Å². The molecule has 2 aromatic carbocycles. The molecule has 0 unspecified atom stereocenters. The van der Waals surface area contributed by atoms with Gasteiger partial charge in [0.25, 0.3) is 0 Å². The van der Waals surface area contributed by atoms with Gasteiger partial charge in [0.15, 0.2) is 17.4 Å².